The van der Waals surface area contributed by atoms with Gasteiger partial charge in [0.2, 0.25) is 0 Å². The van der Waals surface area contributed by atoms with Crippen LogP contribution in [0.1, 0.15) is 16.8 Å². The Kier molecular flexibility index (Phi) is 3.86. The number of benzene rings is 1. The second kappa shape index (κ2) is 5.38. The fraction of sp³-hybridized carbons (Fsp3) is 0.417. The van der Waals surface area contributed by atoms with Crippen LogP contribution in [0.3, 0.4) is 0 Å². The van der Waals surface area contributed by atoms with Crippen molar-refractivity contribution in [1.29, 1.82) is 0 Å². The molecule has 5 heteroatoms. The molecule has 3 N–H and O–H groups in total. The van der Waals surface area contributed by atoms with Crippen LogP contribution in [0.5, 0.6) is 0 Å². The smallest absolute Gasteiger partial charge is 0.252 e. The van der Waals surface area contributed by atoms with E-state index < -0.39 is 0 Å². The highest BCUT2D eigenvalue weighted by molar-refractivity contribution is 6.36. The van der Waals surface area contributed by atoms with Gasteiger partial charge in [-0.15, -0.1) is 0 Å². The van der Waals surface area contributed by atoms with E-state index in [2.05, 4.69) is 5.32 Å². The molecule has 0 aromatic heterocycles. The van der Waals surface area contributed by atoms with Crippen molar-refractivity contribution in [2.45, 2.75) is 6.42 Å². The molecular formula is C12H15ClN2O2. The van der Waals surface area contributed by atoms with Crippen LogP contribution in [0.4, 0.5) is 5.69 Å². The third kappa shape index (κ3) is 2.90. The number of ether oxygens (including phenoxy) is 1. The van der Waals surface area contributed by atoms with Crippen LogP contribution in [0.2, 0.25) is 5.02 Å². The van der Waals surface area contributed by atoms with Gasteiger partial charge < -0.3 is 15.8 Å². The molecule has 0 radical (unpaired) electrons. The Morgan fingerprint density at radius 1 is 1.59 bits per heavy atom. The van der Waals surface area contributed by atoms with Gasteiger partial charge in [-0.25, -0.2) is 0 Å². The molecule has 0 bridgehead atoms. The molecule has 4 nitrogen and oxygen atoms in total. The SMILES string of the molecule is Nc1cccc(C(=O)NCC2CCOC2)c1Cl. The summed E-state index contributed by atoms with van der Waals surface area (Å²) in [6, 6.07) is 5.05. The van der Waals surface area contributed by atoms with Crippen molar-refractivity contribution in [2.75, 3.05) is 25.5 Å². The summed E-state index contributed by atoms with van der Waals surface area (Å²) in [5, 5.41) is 3.16. The minimum absolute atomic E-state index is 0.186. The summed E-state index contributed by atoms with van der Waals surface area (Å²) in [4.78, 5) is 11.9. The number of nitrogens with one attached hydrogen (secondary N) is 1. The van der Waals surface area contributed by atoms with Crippen molar-refractivity contribution in [1.82, 2.24) is 5.32 Å². The van der Waals surface area contributed by atoms with Crippen LogP contribution in [-0.2, 0) is 4.74 Å². The number of amides is 1. The van der Waals surface area contributed by atoms with Crippen LogP contribution < -0.4 is 11.1 Å². The monoisotopic (exact) mass is 254 g/mol. The maximum Gasteiger partial charge on any atom is 0.252 e. The lowest BCUT2D eigenvalue weighted by Gasteiger charge is -2.11. The summed E-state index contributed by atoms with van der Waals surface area (Å²) in [5.74, 6) is 0.216. The van der Waals surface area contributed by atoms with E-state index in [4.69, 9.17) is 22.1 Å². The Hall–Kier alpha value is -1.26. The number of anilines is 1. The van der Waals surface area contributed by atoms with E-state index >= 15 is 0 Å². The highest BCUT2D eigenvalue weighted by atomic mass is 35.5. The van der Waals surface area contributed by atoms with E-state index in [-0.39, 0.29) is 5.91 Å². The molecule has 1 aromatic carbocycles. The highest BCUT2D eigenvalue weighted by Crippen LogP contribution is 2.23. The van der Waals surface area contributed by atoms with Crippen molar-refractivity contribution >= 4 is 23.2 Å². The van der Waals surface area contributed by atoms with Gasteiger partial charge in [0.1, 0.15) is 0 Å². The number of carbonyl (C=O) groups is 1. The maximum absolute atomic E-state index is 11.9. The summed E-state index contributed by atoms with van der Waals surface area (Å²) in [6.45, 7) is 2.11. The first-order chi connectivity index (χ1) is 8.18. The molecule has 1 saturated heterocycles. The summed E-state index contributed by atoms with van der Waals surface area (Å²) < 4.78 is 5.24. The van der Waals surface area contributed by atoms with Crippen molar-refractivity contribution in [3.05, 3.63) is 28.8 Å². The zero-order valence-corrected chi connectivity index (χ0v) is 10.2. The molecule has 1 heterocycles. The minimum atomic E-state index is -0.186. The Labute approximate surface area is 105 Å². The van der Waals surface area contributed by atoms with Crippen LogP contribution in [0.15, 0.2) is 18.2 Å². The molecule has 17 heavy (non-hydrogen) atoms. The Balaban J connectivity index is 1.97. The van der Waals surface area contributed by atoms with E-state index in [0.29, 0.717) is 35.3 Å². The molecule has 1 aromatic rings. The summed E-state index contributed by atoms with van der Waals surface area (Å²) in [7, 11) is 0. The van der Waals surface area contributed by atoms with Crippen molar-refractivity contribution in [3.63, 3.8) is 0 Å². The lowest BCUT2D eigenvalue weighted by Crippen LogP contribution is -2.29. The first-order valence-electron chi connectivity index (χ1n) is 5.58. The van der Waals surface area contributed by atoms with E-state index in [1.165, 1.54) is 0 Å². The van der Waals surface area contributed by atoms with Crippen LogP contribution >= 0.6 is 11.6 Å². The van der Waals surface area contributed by atoms with Gasteiger partial charge in [-0.2, -0.15) is 0 Å². The fourth-order valence-corrected chi connectivity index (χ4v) is 2.01. The molecule has 1 amide bonds. The number of rotatable bonds is 3. The average molecular weight is 255 g/mol. The third-order valence-corrected chi connectivity index (χ3v) is 3.27. The van der Waals surface area contributed by atoms with Crippen LogP contribution in [0.25, 0.3) is 0 Å². The van der Waals surface area contributed by atoms with Crippen molar-refractivity contribution < 1.29 is 9.53 Å². The number of hydrogen-bond donors (Lipinski definition) is 2. The molecule has 2 rings (SSSR count). The molecule has 1 aliphatic rings. The van der Waals surface area contributed by atoms with Gasteiger partial charge in [-0.1, -0.05) is 17.7 Å². The molecule has 0 spiro atoms. The third-order valence-electron chi connectivity index (χ3n) is 2.85. The predicted octanol–water partition coefficient (Wildman–Crippen LogP) is 1.69. The van der Waals surface area contributed by atoms with Gasteiger partial charge in [0.05, 0.1) is 22.9 Å². The van der Waals surface area contributed by atoms with Gasteiger partial charge in [-0.3, -0.25) is 4.79 Å². The van der Waals surface area contributed by atoms with Crippen molar-refractivity contribution in [3.8, 4) is 0 Å². The maximum atomic E-state index is 11.9. The fourth-order valence-electron chi connectivity index (χ4n) is 1.80. The molecule has 92 valence electrons. The first kappa shape index (κ1) is 12.2. The van der Waals surface area contributed by atoms with E-state index in [0.717, 1.165) is 13.0 Å². The summed E-state index contributed by atoms with van der Waals surface area (Å²) in [6.07, 6.45) is 0.991. The van der Waals surface area contributed by atoms with Crippen LogP contribution in [0, 0.1) is 5.92 Å². The Morgan fingerprint density at radius 2 is 2.41 bits per heavy atom. The van der Waals surface area contributed by atoms with Crippen molar-refractivity contribution in [2.24, 2.45) is 5.92 Å². The Bertz CT molecular complexity index is 417. The minimum Gasteiger partial charge on any atom is -0.398 e. The van der Waals surface area contributed by atoms with E-state index in [9.17, 15) is 4.79 Å². The second-order valence-electron chi connectivity index (χ2n) is 4.15. The molecule has 0 saturated carbocycles. The van der Waals surface area contributed by atoms with Gasteiger partial charge in [-0.05, 0) is 18.6 Å². The lowest BCUT2D eigenvalue weighted by molar-refractivity contribution is 0.0945. The zero-order chi connectivity index (χ0) is 12.3. The molecule has 0 aliphatic carbocycles. The topological polar surface area (TPSA) is 64.4 Å². The summed E-state index contributed by atoms with van der Waals surface area (Å²) >= 11 is 5.97. The standard InChI is InChI=1S/C12H15ClN2O2/c13-11-9(2-1-3-10(11)14)12(16)15-6-8-4-5-17-7-8/h1-3,8H,4-7,14H2,(H,15,16). The second-order valence-corrected chi connectivity index (χ2v) is 4.53. The van der Waals surface area contributed by atoms with Gasteiger partial charge in [0, 0.05) is 19.1 Å². The normalized spacial score (nSPS) is 19.2. The van der Waals surface area contributed by atoms with Gasteiger partial charge >= 0.3 is 0 Å². The van der Waals surface area contributed by atoms with E-state index in [1.807, 2.05) is 0 Å². The molecule has 1 fully saturated rings. The molecule has 1 atom stereocenters. The summed E-state index contributed by atoms with van der Waals surface area (Å²) in [5.41, 5.74) is 6.49. The zero-order valence-electron chi connectivity index (χ0n) is 9.41. The van der Waals surface area contributed by atoms with Crippen LogP contribution in [-0.4, -0.2) is 25.7 Å². The number of nitrogens with two attached hydrogens (primary N) is 1. The highest BCUT2D eigenvalue weighted by Gasteiger charge is 2.18. The van der Waals surface area contributed by atoms with E-state index in [1.54, 1.807) is 18.2 Å². The predicted molar refractivity (Wildman–Crippen MR) is 67.1 cm³/mol. The lowest BCUT2D eigenvalue weighted by atomic mass is 10.1. The number of nitrogen functional groups attached to an aromatic ring is 1. The van der Waals surface area contributed by atoms with Gasteiger partial charge in [0.25, 0.3) is 5.91 Å². The number of carbonyl (C=O) groups excluding carboxylic acids is 1. The Morgan fingerprint density at radius 3 is 3.12 bits per heavy atom. The average Bonchev–Trinajstić information content (AvgIpc) is 2.82. The van der Waals surface area contributed by atoms with Gasteiger partial charge in [0.15, 0.2) is 0 Å². The molecule has 1 unspecified atom stereocenters. The number of hydrogen-bond acceptors (Lipinski definition) is 3. The molecule has 1 aliphatic heterocycles. The largest absolute Gasteiger partial charge is 0.398 e. The molecular weight excluding hydrogens is 240 g/mol. The first-order valence-corrected chi connectivity index (χ1v) is 5.96. The number of halogens is 1. The quantitative estimate of drug-likeness (QED) is 0.807.